The summed E-state index contributed by atoms with van der Waals surface area (Å²) in [6.45, 7) is 6.78. The lowest BCUT2D eigenvalue weighted by Crippen LogP contribution is -2.51. The zero-order valence-electron chi connectivity index (χ0n) is 15.9. The number of urea groups is 1. The summed E-state index contributed by atoms with van der Waals surface area (Å²) >= 11 is 0. The molecule has 1 aliphatic heterocycles. The third kappa shape index (κ3) is 3.66. The quantitative estimate of drug-likeness (QED) is 0.546. The van der Waals surface area contributed by atoms with Crippen LogP contribution >= 0.6 is 0 Å². The second-order valence-electron chi connectivity index (χ2n) is 7.05. The Morgan fingerprint density at radius 1 is 1.04 bits per heavy atom. The van der Waals surface area contributed by atoms with E-state index in [4.69, 9.17) is 0 Å². The Labute approximate surface area is 163 Å². The van der Waals surface area contributed by atoms with Crippen molar-refractivity contribution < 1.29 is 9.64 Å². The monoisotopic (exact) mass is 378 g/mol. The number of anilines is 2. The SMILES string of the molecule is Cc1cc(C)cc(N2CCN(C(=O)Nc3nc4ccccc4n[n+]3[O-])CC2)c1. The van der Waals surface area contributed by atoms with E-state index in [2.05, 4.69) is 52.3 Å². The van der Waals surface area contributed by atoms with Crippen LogP contribution < -0.4 is 15.1 Å². The first-order valence-corrected chi connectivity index (χ1v) is 9.25. The summed E-state index contributed by atoms with van der Waals surface area (Å²) in [6, 6.07) is 13.2. The van der Waals surface area contributed by atoms with Gasteiger partial charge in [0.05, 0.1) is 0 Å². The largest absolute Gasteiger partial charge is 0.722 e. The second kappa shape index (κ2) is 7.30. The Bertz CT molecular complexity index is 1010. The molecule has 3 aromatic rings. The maximum Gasteiger partial charge on any atom is 0.421 e. The standard InChI is InChI=1S/C20H22N6O2/c1-14-11-15(2)13-16(12-14)24-7-9-25(10-8-24)20(27)22-19-21-17-5-3-4-6-18(17)23-26(19)28/h3-6,11-13H,7-10H2,1-2H3,(H,21,22,27). The fourth-order valence-corrected chi connectivity index (χ4v) is 3.50. The van der Waals surface area contributed by atoms with Gasteiger partial charge < -0.3 is 15.0 Å². The van der Waals surface area contributed by atoms with Gasteiger partial charge in [0.25, 0.3) is 0 Å². The number of fused-ring (bicyclic) bond motifs is 1. The molecule has 0 aliphatic carbocycles. The van der Waals surface area contributed by atoms with Gasteiger partial charge in [0.1, 0.15) is 5.52 Å². The molecule has 144 valence electrons. The highest BCUT2D eigenvalue weighted by Crippen LogP contribution is 2.20. The molecule has 1 aromatic heterocycles. The van der Waals surface area contributed by atoms with Crippen molar-refractivity contribution >= 4 is 28.7 Å². The third-order valence-corrected chi connectivity index (χ3v) is 4.85. The van der Waals surface area contributed by atoms with Crippen LogP contribution in [0.3, 0.4) is 0 Å². The van der Waals surface area contributed by atoms with E-state index in [0.717, 1.165) is 13.1 Å². The van der Waals surface area contributed by atoms with E-state index >= 15 is 0 Å². The Morgan fingerprint density at radius 2 is 1.68 bits per heavy atom. The number of aryl methyl sites for hydroxylation is 2. The van der Waals surface area contributed by atoms with Crippen molar-refractivity contribution in [2.75, 3.05) is 36.4 Å². The molecule has 8 nitrogen and oxygen atoms in total. The molecule has 2 aromatic carbocycles. The molecule has 2 amide bonds. The van der Waals surface area contributed by atoms with Gasteiger partial charge in [0, 0.05) is 31.9 Å². The molecule has 28 heavy (non-hydrogen) atoms. The van der Waals surface area contributed by atoms with E-state index in [0.29, 0.717) is 29.0 Å². The maximum atomic E-state index is 12.6. The van der Waals surface area contributed by atoms with Gasteiger partial charge in [0.2, 0.25) is 0 Å². The number of hydrogen-bond donors (Lipinski definition) is 1. The normalized spacial score (nSPS) is 14.4. The predicted molar refractivity (Wildman–Crippen MR) is 107 cm³/mol. The third-order valence-electron chi connectivity index (χ3n) is 4.85. The van der Waals surface area contributed by atoms with Gasteiger partial charge in [0.15, 0.2) is 5.52 Å². The van der Waals surface area contributed by atoms with Gasteiger partial charge in [-0.2, -0.15) is 5.32 Å². The molecule has 8 heteroatoms. The van der Waals surface area contributed by atoms with E-state index < -0.39 is 0 Å². The summed E-state index contributed by atoms with van der Waals surface area (Å²) in [6.07, 6.45) is 0. The highest BCUT2D eigenvalue weighted by molar-refractivity contribution is 5.87. The Morgan fingerprint density at radius 3 is 2.36 bits per heavy atom. The first-order valence-electron chi connectivity index (χ1n) is 9.25. The van der Waals surface area contributed by atoms with E-state index in [-0.39, 0.29) is 12.0 Å². The van der Waals surface area contributed by atoms with Gasteiger partial charge in [-0.1, -0.05) is 23.2 Å². The Hall–Kier alpha value is -3.42. The molecule has 1 saturated heterocycles. The lowest BCUT2D eigenvalue weighted by Gasteiger charge is -2.35. The zero-order valence-corrected chi connectivity index (χ0v) is 15.9. The second-order valence-corrected chi connectivity index (χ2v) is 7.05. The maximum absolute atomic E-state index is 12.6. The van der Waals surface area contributed by atoms with Crippen LogP contribution in [-0.4, -0.2) is 47.2 Å². The van der Waals surface area contributed by atoms with Crippen LogP contribution in [-0.2, 0) is 0 Å². The Kier molecular flexibility index (Phi) is 4.68. The van der Waals surface area contributed by atoms with E-state index in [1.165, 1.54) is 16.8 Å². The minimum atomic E-state index is -0.339. The number of aromatic nitrogens is 3. The molecular formula is C20H22N6O2. The highest BCUT2D eigenvalue weighted by atomic mass is 16.5. The lowest BCUT2D eigenvalue weighted by molar-refractivity contribution is -0.654. The molecule has 1 aliphatic rings. The number of para-hydroxylation sites is 1. The van der Waals surface area contributed by atoms with Crippen molar-refractivity contribution in [3.05, 3.63) is 58.8 Å². The molecule has 1 fully saturated rings. The van der Waals surface area contributed by atoms with Crippen LogP contribution in [0.1, 0.15) is 11.1 Å². The molecule has 0 bridgehead atoms. The van der Waals surface area contributed by atoms with Crippen LogP contribution in [0.5, 0.6) is 0 Å². The summed E-state index contributed by atoms with van der Waals surface area (Å²) < 4.78 is 0. The van der Waals surface area contributed by atoms with Crippen molar-refractivity contribution in [3.8, 4) is 0 Å². The highest BCUT2D eigenvalue weighted by Gasteiger charge is 2.25. The average Bonchev–Trinajstić information content (AvgIpc) is 2.68. The topological polar surface area (TPSA) is 88.3 Å². The minimum Gasteiger partial charge on any atom is -0.722 e. The fourth-order valence-electron chi connectivity index (χ4n) is 3.50. The number of hydrogen-bond acceptors (Lipinski definition) is 5. The number of nitrogens with zero attached hydrogens (tertiary/aromatic N) is 5. The van der Waals surface area contributed by atoms with Crippen LogP contribution in [0, 0.1) is 19.1 Å². The number of benzene rings is 2. The number of carbonyl (C=O) groups excluding carboxylic acids is 1. The molecule has 2 heterocycles. The fraction of sp³-hybridized carbons (Fsp3) is 0.300. The van der Waals surface area contributed by atoms with E-state index in [9.17, 15) is 10.0 Å². The number of rotatable bonds is 2. The summed E-state index contributed by atoms with van der Waals surface area (Å²) in [5.41, 5.74) is 4.67. The predicted octanol–water partition coefficient (Wildman–Crippen LogP) is 2.23. The van der Waals surface area contributed by atoms with Gasteiger partial charge in [-0.3, -0.25) is 0 Å². The van der Waals surface area contributed by atoms with Crippen molar-refractivity contribution in [2.45, 2.75) is 13.8 Å². The first kappa shape index (κ1) is 18.0. The Balaban J connectivity index is 1.42. The molecule has 0 unspecified atom stereocenters. The van der Waals surface area contributed by atoms with Gasteiger partial charge in [-0.05, 0) is 49.2 Å². The van der Waals surface area contributed by atoms with Gasteiger partial charge >= 0.3 is 12.0 Å². The molecule has 1 N–H and O–H groups in total. The van der Waals surface area contributed by atoms with Crippen LogP contribution in [0.2, 0.25) is 0 Å². The van der Waals surface area contributed by atoms with Crippen LogP contribution in [0.4, 0.5) is 16.4 Å². The lowest BCUT2D eigenvalue weighted by atomic mass is 10.1. The summed E-state index contributed by atoms with van der Waals surface area (Å²) in [7, 11) is 0. The smallest absolute Gasteiger partial charge is 0.421 e. The van der Waals surface area contributed by atoms with Crippen molar-refractivity contribution in [1.82, 2.24) is 15.0 Å². The number of amides is 2. The summed E-state index contributed by atoms with van der Waals surface area (Å²) in [4.78, 5) is 21.1. The number of piperazine rings is 1. The molecule has 0 radical (unpaired) electrons. The van der Waals surface area contributed by atoms with Crippen molar-refractivity contribution in [3.63, 3.8) is 0 Å². The van der Waals surface area contributed by atoms with Crippen molar-refractivity contribution in [2.24, 2.45) is 0 Å². The van der Waals surface area contributed by atoms with Gasteiger partial charge in [-0.15, -0.1) is 9.94 Å². The first-order chi connectivity index (χ1) is 13.5. The molecule has 0 saturated carbocycles. The molecule has 4 rings (SSSR count). The van der Waals surface area contributed by atoms with Gasteiger partial charge in [-0.25, -0.2) is 4.79 Å². The number of nitrogens with one attached hydrogen (secondary N) is 1. The minimum absolute atomic E-state index is 0.111. The average molecular weight is 378 g/mol. The summed E-state index contributed by atoms with van der Waals surface area (Å²) in [5, 5.41) is 18.5. The van der Waals surface area contributed by atoms with E-state index in [1.54, 1.807) is 23.1 Å². The molecular weight excluding hydrogens is 356 g/mol. The van der Waals surface area contributed by atoms with Crippen LogP contribution in [0.25, 0.3) is 11.0 Å². The number of carbonyl (C=O) groups is 1. The van der Waals surface area contributed by atoms with Crippen LogP contribution in [0.15, 0.2) is 42.5 Å². The molecule has 0 atom stereocenters. The van der Waals surface area contributed by atoms with E-state index in [1.807, 2.05) is 6.07 Å². The summed E-state index contributed by atoms with van der Waals surface area (Å²) in [5.74, 6) is -0.111. The van der Waals surface area contributed by atoms with Crippen molar-refractivity contribution in [1.29, 1.82) is 0 Å². The molecule has 0 spiro atoms. The zero-order chi connectivity index (χ0) is 19.7.